The molecule has 0 aliphatic heterocycles. The highest BCUT2D eigenvalue weighted by molar-refractivity contribution is 5.70. The maximum atomic E-state index is 4.06. The highest BCUT2D eigenvalue weighted by Gasteiger charge is 2.08. The van der Waals surface area contributed by atoms with Gasteiger partial charge in [-0.25, -0.2) is 0 Å². The van der Waals surface area contributed by atoms with Crippen molar-refractivity contribution in [3.63, 3.8) is 0 Å². The van der Waals surface area contributed by atoms with Crippen LogP contribution in [0.3, 0.4) is 0 Å². The number of nitrogens with zero attached hydrogens (tertiary/aromatic N) is 1. The van der Waals surface area contributed by atoms with Crippen LogP contribution >= 0.6 is 0 Å². The van der Waals surface area contributed by atoms with Crippen molar-refractivity contribution in [1.82, 2.24) is 4.98 Å². The molecule has 12 heavy (non-hydrogen) atoms. The molecule has 1 aliphatic rings. The van der Waals surface area contributed by atoms with Gasteiger partial charge in [0.25, 0.3) is 0 Å². The van der Waals surface area contributed by atoms with Crippen molar-refractivity contribution < 1.29 is 0 Å². The third kappa shape index (κ3) is 1.55. The highest BCUT2D eigenvalue weighted by atomic mass is 14.6. The molecule has 0 atom stereocenters. The molecule has 1 heterocycles. The lowest BCUT2D eigenvalue weighted by Crippen LogP contribution is -1.82. The van der Waals surface area contributed by atoms with Gasteiger partial charge in [0.1, 0.15) is 0 Å². The molecule has 1 heteroatoms. The Morgan fingerprint density at radius 1 is 1.33 bits per heavy atom. The molecule has 0 unspecified atom stereocenters. The predicted octanol–water partition coefficient (Wildman–Crippen LogP) is 3.07. The summed E-state index contributed by atoms with van der Waals surface area (Å²) in [7, 11) is 0. The van der Waals surface area contributed by atoms with Crippen LogP contribution in [0.4, 0.5) is 0 Å². The van der Waals surface area contributed by atoms with Crippen LogP contribution in [-0.2, 0) is 6.42 Å². The van der Waals surface area contributed by atoms with Gasteiger partial charge in [0.05, 0.1) is 0 Å². The van der Waals surface area contributed by atoms with E-state index in [4.69, 9.17) is 0 Å². The van der Waals surface area contributed by atoms with Crippen molar-refractivity contribution >= 4 is 5.57 Å². The van der Waals surface area contributed by atoms with Crippen LogP contribution in [-0.4, -0.2) is 4.98 Å². The van der Waals surface area contributed by atoms with E-state index in [1.54, 1.807) is 0 Å². The minimum atomic E-state index is 1.06. The minimum absolute atomic E-state index is 1.06. The fourth-order valence-corrected chi connectivity index (χ4v) is 1.35. The number of rotatable bonds is 0. The topological polar surface area (TPSA) is 12.9 Å². The normalized spacial score (nSPS) is 12.8. The Bertz CT molecular complexity index is 287. The molecule has 1 aromatic rings. The van der Waals surface area contributed by atoms with Gasteiger partial charge in [-0.05, 0) is 36.1 Å². The molecule has 1 nitrogen and oxygen atoms in total. The van der Waals surface area contributed by atoms with Gasteiger partial charge in [0.15, 0.2) is 0 Å². The van der Waals surface area contributed by atoms with Crippen LogP contribution in [0, 0.1) is 0 Å². The van der Waals surface area contributed by atoms with E-state index in [2.05, 4.69) is 24.1 Å². The average Bonchev–Trinajstić information content (AvgIpc) is 2.53. The maximum Gasteiger partial charge on any atom is 0.0309 e. The molecule has 64 valence electrons. The summed E-state index contributed by atoms with van der Waals surface area (Å²) >= 11 is 0. The number of aromatic nitrogens is 1. The molecule has 0 saturated carbocycles. The second kappa shape index (κ2) is 4.05. The Hall–Kier alpha value is -1.11. The summed E-state index contributed by atoms with van der Waals surface area (Å²) in [6, 6.07) is 2.08. The van der Waals surface area contributed by atoms with E-state index in [-0.39, 0.29) is 0 Å². The summed E-state index contributed by atoms with van der Waals surface area (Å²) < 4.78 is 0. The van der Waals surface area contributed by atoms with Crippen molar-refractivity contribution in [2.45, 2.75) is 27.2 Å². The minimum Gasteiger partial charge on any atom is -0.264 e. The fraction of sp³-hybridized carbons (Fsp3) is 0.364. The third-order valence-corrected chi connectivity index (χ3v) is 1.96. The first-order chi connectivity index (χ1) is 5.88. The van der Waals surface area contributed by atoms with Gasteiger partial charge in [0, 0.05) is 12.4 Å². The Balaban J connectivity index is 0.000000336. The first kappa shape index (κ1) is 8.98. The number of hydrogen-bond acceptors (Lipinski definition) is 1. The smallest absolute Gasteiger partial charge is 0.0309 e. The molecule has 0 bridgehead atoms. The van der Waals surface area contributed by atoms with Crippen molar-refractivity contribution in [1.29, 1.82) is 0 Å². The first-order valence-electron chi connectivity index (χ1n) is 4.48. The molecule has 2 rings (SSSR count). The Morgan fingerprint density at radius 3 is 2.75 bits per heavy atom. The summed E-state index contributed by atoms with van der Waals surface area (Å²) in [5.41, 5.74) is 4.12. The van der Waals surface area contributed by atoms with Crippen LogP contribution in [0.1, 0.15) is 31.9 Å². The van der Waals surface area contributed by atoms with E-state index in [1.165, 1.54) is 16.7 Å². The van der Waals surface area contributed by atoms with E-state index in [1.807, 2.05) is 26.2 Å². The van der Waals surface area contributed by atoms with Gasteiger partial charge < -0.3 is 0 Å². The van der Waals surface area contributed by atoms with Gasteiger partial charge in [0.2, 0.25) is 0 Å². The van der Waals surface area contributed by atoms with Gasteiger partial charge in [-0.1, -0.05) is 19.9 Å². The van der Waals surface area contributed by atoms with E-state index in [9.17, 15) is 0 Å². The number of pyridine rings is 1. The molecule has 0 aromatic carbocycles. The molecule has 0 fully saturated rings. The second-order valence-corrected chi connectivity index (χ2v) is 2.62. The summed E-state index contributed by atoms with van der Waals surface area (Å²) in [4.78, 5) is 4.06. The third-order valence-electron chi connectivity index (χ3n) is 1.96. The zero-order chi connectivity index (χ0) is 8.97. The van der Waals surface area contributed by atoms with Crippen molar-refractivity contribution in [2.24, 2.45) is 0 Å². The fourth-order valence-electron chi connectivity index (χ4n) is 1.35. The van der Waals surface area contributed by atoms with E-state index in [0.717, 1.165) is 6.42 Å². The summed E-state index contributed by atoms with van der Waals surface area (Å²) in [5, 5.41) is 0. The Kier molecular flexibility index (Phi) is 3.03. The lowest BCUT2D eigenvalue weighted by atomic mass is 10.1. The first-order valence-corrected chi connectivity index (χ1v) is 4.48. The SMILES string of the molecule is CC.CC1=CCc2cnccc21. The standard InChI is InChI=1S/C9H9N.C2H6/c1-7-2-3-8-6-10-5-4-9(7)8;1-2/h2,4-6H,3H2,1H3;1-2H3. The number of hydrogen-bond donors (Lipinski definition) is 0. The zero-order valence-corrected chi connectivity index (χ0v) is 7.96. The molecular formula is C11H15N. The van der Waals surface area contributed by atoms with E-state index in [0.29, 0.717) is 0 Å². The van der Waals surface area contributed by atoms with E-state index >= 15 is 0 Å². The number of fused-ring (bicyclic) bond motifs is 1. The van der Waals surface area contributed by atoms with Gasteiger partial charge >= 0.3 is 0 Å². The van der Waals surface area contributed by atoms with Gasteiger partial charge in [-0.15, -0.1) is 0 Å². The molecule has 1 aromatic heterocycles. The van der Waals surface area contributed by atoms with Crippen molar-refractivity contribution in [2.75, 3.05) is 0 Å². The van der Waals surface area contributed by atoms with Crippen molar-refractivity contribution in [3.05, 3.63) is 35.7 Å². The second-order valence-electron chi connectivity index (χ2n) is 2.62. The van der Waals surface area contributed by atoms with Gasteiger partial charge in [-0.3, -0.25) is 4.98 Å². The summed E-state index contributed by atoms with van der Waals surface area (Å²) in [6.45, 7) is 6.14. The lowest BCUT2D eigenvalue weighted by Gasteiger charge is -1.96. The Morgan fingerprint density at radius 2 is 2.08 bits per heavy atom. The van der Waals surface area contributed by atoms with E-state index < -0.39 is 0 Å². The van der Waals surface area contributed by atoms with Crippen LogP contribution in [0.25, 0.3) is 5.57 Å². The average molecular weight is 161 g/mol. The summed E-state index contributed by atoms with van der Waals surface area (Å²) in [6.07, 6.45) is 7.10. The van der Waals surface area contributed by atoms with Crippen molar-refractivity contribution in [3.8, 4) is 0 Å². The molecule has 0 N–H and O–H groups in total. The molecule has 1 aliphatic carbocycles. The molecule has 0 radical (unpaired) electrons. The largest absolute Gasteiger partial charge is 0.264 e. The lowest BCUT2D eigenvalue weighted by molar-refractivity contribution is 1.21. The number of allylic oxidation sites excluding steroid dienone is 2. The monoisotopic (exact) mass is 161 g/mol. The quantitative estimate of drug-likeness (QED) is 0.570. The maximum absolute atomic E-state index is 4.06. The molecule has 0 amide bonds. The zero-order valence-electron chi connectivity index (χ0n) is 7.96. The molecular weight excluding hydrogens is 146 g/mol. The Labute approximate surface area is 74.2 Å². The van der Waals surface area contributed by atoms with Crippen LogP contribution in [0.15, 0.2) is 24.5 Å². The predicted molar refractivity (Wildman–Crippen MR) is 52.9 cm³/mol. The van der Waals surface area contributed by atoms with Crippen LogP contribution in [0.2, 0.25) is 0 Å². The molecule has 0 saturated heterocycles. The highest BCUT2D eigenvalue weighted by Crippen LogP contribution is 2.24. The van der Waals surface area contributed by atoms with Gasteiger partial charge in [-0.2, -0.15) is 0 Å². The summed E-state index contributed by atoms with van der Waals surface area (Å²) in [5.74, 6) is 0. The van der Waals surface area contributed by atoms with Crippen LogP contribution in [0.5, 0.6) is 0 Å². The van der Waals surface area contributed by atoms with Crippen LogP contribution < -0.4 is 0 Å². The molecule has 0 spiro atoms.